The fourth-order valence-electron chi connectivity index (χ4n) is 1.27. The number of methoxy groups -OCH3 is 1. The number of hydrogen-bond donors (Lipinski definition) is 2. The molecule has 1 amide bonds. The van der Waals surface area contributed by atoms with Crippen molar-refractivity contribution in [2.45, 2.75) is 20.0 Å². The van der Waals surface area contributed by atoms with Crippen LogP contribution in [0.3, 0.4) is 0 Å². The lowest BCUT2D eigenvalue weighted by atomic mass is 10.2. The lowest BCUT2D eigenvalue weighted by Gasteiger charge is -2.11. The van der Waals surface area contributed by atoms with Crippen LogP contribution in [-0.2, 0) is 4.74 Å². The highest BCUT2D eigenvalue weighted by Gasteiger charge is 2.08. The summed E-state index contributed by atoms with van der Waals surface area (Å²) in [4.78, 5) is 15.9. The molecule has 5 heteroatoms. The molecule has 0 aliphatic carbocycles. The van der Waals surface area contributed by atoms with Crippen molar-refractivity contribution in [3.8, 4) is 0 Å². The number of carbonyl (C=O) groups is 1. The number of rotatable bonds is 6. The molecule has 0 aliphatic rings. The Labute approximate surface area is 102 Å². The third-order valence-electron chi connectivity index (χ3n) is 2.33. The molecule has 1 heterocycles. The number of amides is 1. The normalized spacial score (nSPS) is 11.9. The van der Waals surface area contributed by atoms with Crippen molar-refractivity contribution in [2.24, 2.45) is 0 Å². The van der Waals surface area contributed by atoms with Crippen molar-refractivity contribution >= 4 is 11.7 Å². The summed E-state index contributed by atoms with van der Waals surface area (Å²) in [5.74, 6) is 0.593. The van der Waals surface area contributed by atoms with E-state index >= 15 is 0 Å². The molecule has 0 bridgehead atoms. The number of aromatic nitrogens is 1. The molecule has 0 fully saturated rings. The molecule has 0 spiro atoms. The second kappa shape index (κ2) is 6.85. The van der Waals surface area contributed by atoms with Gasteiger partial charge in [-0.05, 0) is 26.0 Å². The maximum atomic E-state index is 11.8. The molecule has 1 aromatic rings. The van der Waals surface area contributed by atoms with E-state index in [-0.39, 0.29) is 12.0 Å². The van der Waals surface area contributed by atoms with Crippen molar-refractivity contribution in [3.05, 3.63) is 23.9 Å². The first-order valence-electron chi connectivity index (χ1n) is 5.68. The van der Waals surface area contributed by atoms with Crippen LogP contribution in [0.5, 0.6) is 0 Å². The maximum Gasteiger partial charge on any atom is 0.251 e. The first-order valence-corrected chi connectivity index (χ1v) is 5.68. The van der Waals surface area contributed by atoms with Crippen LogP contribution in [0.25, 0.3) is 0 Å². The molecule has 94 valence electrons. The van der Waals surface area contributed by atoms with Gasteiger partial charge in [0.15, 0.2) is 0 Å². The van der Waals surface area contributed by atoms with Gasteiger partial charge in [0.25, 0.3) is 5.91 Å². The van der Waals surface area contributed by atoms with Crippen LogP contribution in [0.1, 0.15) is 24.2 Å². The molecular formula is C12H19N3O2. The standard InChI is InChI=1S/C12H19N3O2/c1-4-13-11-7-10(5-6-14-11)12(16)15-8-9(2)17-3/h5-7,9H,4,8H2,1-3H3,(H,13,14)(H,15,16). The van der Waals surface area contributed by atoms with E-state index in [1.165, 1.54) is 0 Å². The van der Waals surface area contributed by atoms with Crippen molar-refractivity contribution in [3.63, 3.8) is 0 Å². The van der Waals surface area contributed by atoms with Crippen LogP contribution in [-0.4, -0.2) is 37.2 Å². The third kappa shape index (κ3) is 4.40. The molecule has 0 saturated carbocycles. The number of nitrogens with one attached hydrogen (secondary N) is 2. The van der Waals surface area contributed by atoms with Crippen LogP contribution in [0.4, 0.5) is 5.82 Å². The zero-order valence-corrected chi connectivity index (χ0v) is 10.5. The Morgan fingerprint density at radius 3 is 3.00 bits per heavy atom. The largest absolute Gasteiger partial charge is 0.380 e. The Bertz CT molecular complexity index is 369. The maximum absolute atomic E-state index is 11.8. The molecule has 5 nitrogen and oxygen atoms in total. The number of anilines is 1. The highest BCUT2D eigenvalue weighted by Crippen LogP contribution is 2.06. The lowest BCUT2D eigenvalue weighted by Crippen LogP contribution is -2.31. The van der Waals surface area contributed by atoms with E-state index in [0.717, 1.165) is 6.54 Å². The lowest BCUT2D eigenvalue weighted by molar-refractivity contribution is 0.0870. The van der Waals surface area contributed by atoms with Crippen molar-refractivity contribution < 1.29 is 9.53 Å². The molecule has 1 unspecified atom stereocenters. The predicted octanol–water partition coefficient (Wildman–Crippen LogP) is 1.28. The molecule has 1 rings (SSSR count). The summed E-state index contributed by atoms with van der Waals surface area (Å²) < 4.78 is 5.06. The Balaban J connectivity index is 2.59. The number of pyridine rings is 1. The topological polar surface area (TPSA) is 63.2 Å². The van der Waals surface area contributed by atoms with Gasteiger partial charge < -0.3 is 15.4 Å². The van der Waals surface area contributed by atoms with E-state index in [2.05, 4.69) is 15.6 Å². The van der Waals surface area contributed by atoms with Gasteiger partial charge in [-0.2, -0.15) is 0 Å². The van der Waals surface area contributed by atoms with Crippen LogP contribution in [0.2, 0.25) is 0 Å². The Morgan fingerprint density at radius 2 is 2.35 bits per heavy atom. The van der Waals surface area contributed by atoms with Crippen LogP contribution >= 0.6 is 0 Å². The predicted molar refractivity (Wildman–Crippen MR) is 67.2 cm³/mol. The molecule has 0 saturated heterocycles. The van der Waals surface area contributed by atoms with E-state index < -0.39 is 0 Å². The van der Waals surface area contributed by atoms with Gasteiger partial charge in [0.05, 0.1) is 6.10 Å². The molecule has 0 aromatic carbocycles. The first kappa shape index (κ1) is 13.4. The number of nitrogens with zero attached hydrogens (tertiary/aromatic N) is 1. The van der Waals surface area contributed by atoms with Gasteiger partial charge in [0, 0.05) is 32.0 Å². The summed E-state index contributed by atoms with van der Waals surface area (Å²) in [5.41, 5.74) is 0.597. The van der Waals surface area contributed by atoms with Crippen LogP contribution < -0.4 is 10.6 Å². The zero-order valence-electron chi connectivity index (χ0n) is 10.5. The Morgan fingerprint density at radius 1 is 1.59 bits per heavy atom. The monoisotopic (exact) mass is 237 g/mol. The van der Waals surface area contributed by atoms with Crippen LogP contribution in [0.15, 0.2) is 18.3 Å². The number of hydrogen-bond acceptors (Lipinski definition) is 4. The summed E-state index contributed by atoms with van der Waals surface area (Å²) in [6, 6.07) is 3.42. The minimum absolute atomic E-state index is 0.00836. The number of carbonyl (C=O) groups excluding carboxylic acids is 1. The van der Waals surface area contributed by atoms with Crippen molar-refractivity contribution in [2.75, 3.05) is 25.5 Å². The van der Waals surface area contributed by atoms with Crippen LogP contribution in [0, 0.1) is 0 Å². The highest BCUT2D eigenvalue weighted by atomic mass is 16.5. The highest BCUT2D eigenvalue weighted by molar-refractivity contribution is 5.94. The molecule has 17 heavy (non-hydrogen) atoms. The SMILES string of the molecule is CCNc1cc(C(=O)NCC(C)OC)ccn1. The van der Waals surface area contributed by atoms with Gasteiger partial charge >= 0.3 is 0 Å². The summed E-state index contributed by atoms with van der Waals surface area (Å²) in [5, 5.41) is 5.86. The van der Waals surface area contributed by atoms with Crippen molar-refractivity contribution in [1.29, 1.82) is 0 Å². The van der Waals surface area contributed by atoms with Gasteiger partial charge in [-0.3, -0.25) is 4.79 Å². The summed E-state index contributed by atoms with van der Waals surface area (Å²) in [6.07, 6.45) is 1.63. The Hall–Kier alpha value is -1.62. The fraction of sp³-hybridized carbons (Fsp3) is 0.500. The van der Waals surface area contributed by atoms with E-state index in [1.54, 1.807) is 25.4 Å². The smallest absolute Gasteiger partial charge is 0.251 e. The van der Waals surface area contributed by atoms with Gasteiger partial charge in [-0.25, -0.2) is 4.98 Å². The minimum Gasteiger partial charge on any atom is -0.380 e. The second-order valence-corrected chi connectivity index (χ2v) is 3.72. The summed E-state index contributed by atoms with van der Waals surface area (Å²) >= 11 is 0. The van der Waals surface area contributed by atoms with E-state index in [4.69, 9.17) is 4.74 Å². The summed E-state index contributed by atoms with van der Waals surface area (Å²) in [7, 11) is 1.62. The quantitative estimate of drug-likeness (QED) is 0.782. The number of ether oxygens (including phenoxy) is 1. The summed E-state index contributed by atoms with van der Waals surface area (Å²) in [6.45, 7) is 5.15. The third-order valence-corrected chi connectivity index (χ3v) is 2.33. The minimum atomic E-state index is -0.115. The molecule has 0 aliphatic heterocycles. The average Bonchev–Trinajstić information content (AvgIpc) is 2.36. The molecule has 1 atom stereocenters. The van der Waals surface area contributed by atoms with E-state index in [1.807, 2.05) is 13.8 Å². The van der Waals surface area contributed by atoms with E-state index in [9.17, 15) is 4.79 Å². The fourth-order valence-corrected chi connectivity index (χ4v) is 1.27. The van der Waals surface area contributed by atoms with Gasteiger partial charge in [-0.1, -0.05) is 0 Å². The van der Waals surface area contributed by atoms with Gasteiger partial charge in [-0.15, -0.1) is 0 Å². The van der Waals surface area contributed by atoms with Crippen molar-refractivity contribution in [1.82, 2.24) is 10.3 Å². The molecule has 1 aromatic heterocycles. The van der Waals surface area contributed by atoms with E-state index in [0.29, 0.717) is 17.9 Å². The molecule has 0 radical (unpaired) electrons. The molecule has 2 N–H and O–H groups in total. The average molecular weight is 237 g/mol. The zero-order chi connectivity index (χ0) is 12.7. The molecular weight excluding hydrogens is 218 g/mol. The van der Waals surface area contributed by atoms with Gasteiger partial charge in [0.2, 0.25) is 0 Å². The second-order valence-electron chi connectivity index (χ2n) is 3.72. The first-order chi connectivity index (χ1) is 8.17. The Kier molecular flexibility index (Phi) is 5.42. The van der Waals surface area contributed by atoms with Gasteiger partial charge in [0.1, 0.15) is 5.82 Å².